The van der Waals surface area contributed by atoms with Crippen LogP contribution in [0.2, 0.25) is 0 Å². The van der Waals surface area contributed by atoms with E-state index in [0.717, 1.165) is 35.4 Å². The van der Waals surface area contributed by atoms with Crippen LogP contribution in [0.1, 0.15) is 31.7 Å². The third kappa shape index (κ3) is 3.68. The molecule has 108 valence electrons. The minimum Gasteiger partial charge on any atom is -0.440 e. The number of aliphatic hydroxyl groups is 1. The minimum absolute atomic E-state index is 0.00724. The predicted molar refractivity (Wildman–Crippen MR) is 80.5 cm³/mol. The van der Waals surface area contributed by atoms with Crippen molar-refractivity contribution in [2.24, 2.45) is 5.73 Å². The number of aliphatic hydroxyl groups excluding tert-OH is 1. The third-order valence-electron chi connectivity index (χ3n) is 3.37. The van der Waals surface area contributed by atoms with E-state index < -0.39 is 5.54 Å². The highest BCUT2D eigenvalue weighted by Gasteiger charge is 2.16. The minimum atomic E-state index is -0.532. The van der Waals surface area contributed by atoms with E-state index in [0.29, 0.717) is 6.42 Å². The Morgan fingerprint density at radius 1 is 1.45 bits per heavy atom. The van der Waals surface area contributed by atoms with Crippen LogP contribution in [0.25, 0.3) is 11.1 Å². The van der Waals surface area contributed by atoms with Crippen LogP contribution in [-0.4, -0.2) is 22.2 Å². The molecule has 2 rings (SSSR count). The van der Waals surface area contributed by atoms with Crippen LogP contribution in [0, 0.1) is 0 Å². The van der Waals surface area contributed by atoms with Gasteiger partial charge in [0.05, 0.1) is 6.61 Å². The molecule has 0 radical (unpaired) electrons. The fourth-order valence-corrected chi connectivity index (χ4v) is 1.99. The van der Waals surface area contributed by atoms with Crippen molar-refractivity contribution in [2.75, 3.05) is 6.61 Å². The highest BCUT2D eigenvalue weighted by atomic mass is 16.3. The first-order chi connectivity index (χ1) is 9.54. The van der Waals surface area contributed by atoms with E-state index in [9.17, 15) is 5.11 Å². The highest BCUT2D eigenvalue weighted by Crippen LogP contribution is 2.20. The summed E-state index contributed by atoms with van der Waals surface area (Å²) in [5.41, 5.74) is 8.26. The van der Waals surface area contributed by atoms with Gasteiger partial charge in [-0.05, 0) is 44.4 Å². The molecule has 0 fully saturated rings. The van der Waals surface area contributed by atoms with E-state index in [2.05, 4.69) is 4.98 Å². The zero-order chi connectivity index (χ0) is 14.6. The second-order valence-electron chi connectivity index (χ2n) is 5.49. The fourth-order valence-electron chi connectivity index (χ4n) is 1.99. The molecule has 0 saturated carbocycles. The summed E-state index contributed by atoms with van der Waals surface area (Å²) in [5.74, 6) is 0.731. The van der Waals surface area contributed by atoms with Crippen LogP contribution in [0.3, 0.4) is 0 Å². The highest BCUT2D eigenvalue weighted by molar-refractivity contribution is 5.73. The quantitative estimate of drug-likeness (QED) is 0.794. The largest absolute Gasteiger partial charge is 0.440 e. The lowest BCUT2D eigenvalue weighted by atomic mass is 9.95. The SMILES string of the molecule is C/C=C/Cc1nc2cc(CC[C@@](C)(N)CO)ccc2o1. The zero-order valence-corrected chi connectivity index (χ0v) is 12.1. The third-order valence-corrected chi connectivity index (χ3v) is 3.37. The average molecular weight is 274 g/mol. The topological polar surface area (TPSA) is 72.3 Å². The Bertz CT molecular complexity index is 600. The Morgan fingerprint density at radius 3 is 2.95 bits per heavy atom. The number of nitrogens with two attached hydrogens (primary N) is 1. The average Bonchev–Trinajstić information content (AvgIpc) is 2.85. The van der Waals surface area contributed by atoms with Gasteiger partial charge in [0.2, 0.25) is 0 Å². The summed E-state index contributed by atoms with van der Waals surface area (Å²) >= 11 is 0. The van der Waals surface area contributed by atoms with E-state index in [1.54, 1.807) is 0 Å². The van der Waals surface area contributed by atoms with Crippen molar-refractivity contribution >= 4 is 11.1 Å². The normalized spacial score (nSPS) is 15.0. The van der Waals surface area contributed by atoms with Crippen molar-refractivity contribution < 1.29 is 9.52 Å². The Morgan fingerprint density at radius 2 is 2.25 bits per heavy atom. The molecule has 0 amide bonds. The summed E-state index contributed by atoms with van der Waals surface area (Å²) in [6.07, 6.45) is 6.27. The lowest BCUT2D eigenvalue weighted by Crippen LogP contribution is -2.40. The Hall–Kier alpha value is -1.65. The van der Waals surface area contributed by atoms with Gasteiger partial charge in [0.15, 0.2) is 11.5 Å². The monoisotopic (exact) mass is 274 g/mol. The number of rotatable bonds is 6. The van der Waals surface area contributed by atoms with Crippen LogP contribution < -0.4 is 5.73 Å². The van der Waals surface area contributed by atoms with Crippen molar-refractivity contribution in [2.45, 2.75) is 38.6 Å². The maximum Gasteiger partial charge on any atom is 0.199 e. The van der Waals surface area contributed by atoms with Crippen LogP contribution in [0.15, 0.2) is 34.8 Å². The molecule has 0 aliphatic heterocycles. The predicted octanol–water partition coefficient (Wildman–Crippen LogP) is 2.59. The molecule has 1 atom stereocenters. The number of nitrogens with zero attached hydrogens (tertiary/aromatic N) is 1. The molecule has 2 aromatic rings. The number of aromatic nitrogens is 1. The first-order valence-electron chi connectivity index (χ1n) is 6.93. The number of hydrogen-bond acceptors (Lipinski definition) is 4. The molecule has 1 heterocycles. The van der Waals surface area contributed by atoms with Gasteiger partial charge in [-0.15, -0.1) is 0 Å². The van der Waals surface area contributed by atoms with E-state index in [1.807, 2.05) is 44.2 Å². The molecule has 4 nitrogen and oxygen atoms in total. The second kappa shape index (κ2) is 6.20. The maximum atomic E-state index is 9.17. The molecule has 0 aliphatic rings. The van der Waals surface area contributed by atoms with E-state index in [4.69, 9.17) is 10.2 Å². The summed E-state index contributed by atoms with van der Waals surface area (Å²) in [6, 6.07) is 6.01. The molecule has 1 aromatic heterocycles. The van der Waals surface area contributed by atoms with Gasteiger partial charge in [0, 0.05) is 12.0 Å². The summed E-state index contributed by atoms with van der Waals surface area (Å²) in [6.45, 7) is 3.83. The van der Waals surface area contributed by atoms with Crippen LogP contribution in [0.5, 0.6) is 0 Å². The smallest absolute Gasteiger partial charge is 0.199 e. The molecule has 0 bridgehead atoms. The molecule has 20 heavy (non-hydrogen) atoms. The molecule has 0 unspecified atom stereocenters. The van der Waals surface area contributed by atoms with Gasteiger partial charge in [-0.1, -0.05) is 18.2 Å². The molecular weight excluding hydrogens is 252 g/mol. The summed E-state index contributed by atoms with van der Waals surface area (Å²) in [7, 11) is 0. The van der Waals surface area contributed by atoms with Crippen LogP contribution in [0.4, 0.5) is 0 Å². The number of fused-ring (bicyclic) bond motifs is 1. The van der Waals surface area contributed by atoms with Crippen LogP contribution >= 0.6 is 0 Å². The van der Waals surface area contributed by atoms with Crippen molar-refractivity contribution in [1.82, 2.24) is 4.98 Å². The Balaban J connectivity index is 2.12. The molecule has 4 heteroatoms. The number of oxazole rings is 1. The zero-order valence-electron chi connectivity index (χ0n) is 12.1. The summed E-state index contributed by atoms with van der Waals surface area (Å²) < 4.78 is 5.66. The molecule has 0 saturated heterocycles. The van der Waals surface area contributed by atoms with Gasteiger partial charge in [-0.2, -0.15) is 0 Å². The first-order valence-corrected chi connectivity index (χ1v) is 6.93. The number of hydrogen-bond donors (Lipinski definition) is 2. The van der Waals surface area contributed by atoms with E-state index in [-0.39, 0.29) is 6.61 Å². The van der Waals surface area contributed by atoms with Crippen LogP contribution in [-0.2, 0) is 12.8 Å². The van der Waals surface area contributed by atoms with Crippen molar-refractivity contribution in [1.29, 1.82) is 0 Å². The first kappa shape index (κ1) is 14.8. The second-order valence-corrected chi connectivity index (χ2v) is 5.49. The number of aryl methyl sites for hydroxylation is 1. The standard InChI is InChI=1S/C16H22N2O2/c1-3-4-5-15-18-13-10-12(6-7-14(13)20-15)8-9-16(2,17)11-19/h3-4,6-7,10,19H,5,8-9,11,17H2,1-2H3/b4-3+/t16-/m1/s1. The van der Waals surface area contributed by atoms with Crippen molar-refractivity contribution in [3.63, 3.8) is 0 Å². The molecule has 0 aliphatic carbocycles. The molecule has 3 N–H and O–H groups in total. The number of allylic oxidation sites excluding steroid dienone is 2. The van der Waals surface area contributed by atoms with Gasteiger partial charge in [0.25, 0.3) is 0 Å². The van der Waals surface area contributed by atoms with E-state index >= 15 is 0 Å². The molecular formula is C16H22N2O2. The van der Waals surface area contributed by atoms with Gasteiger partial charge >= 0.3 is 0 Å². The van der Waals surface area contributed by atoms with E-state index in [1.165, 1.54) is 0 Å². The summed E-state index contributed by atoms with van der Waals surface area (Å²) in [4.78, 5) is 4.48. The lowest BCUT2D eigenvalue weighted by molar-refractivity contribution is 0.200. The van der Waals surface area contributed by atoms with Gasteiger partial charge in [0.1, 0.15) is 5.52 Å². The Labute approximate surface area is 119 Å². The van der Waals surface area contributed by atoms with Crippen molar-refractivity contribution in [3.8, 4) is 0 Å². The Kier molecular flexibility index (Phi) is 4.57. The fraction of sp³-hybridized carbons (Fsp3) is 0.438. The maximum absolute atomic E-state index is 9.17. The molecule has 1 aromatic carbocycles. The molecule has 0 spiro atoms. The lowest BCUT2D eigenvalue weighted by Gasteiger charge is -2.21. The van der Waals surface area contributed by atoms with Gasteiger partial charge < -0.3 is 15.3 Å². The van der Waals surface area contributed by atoms with Crippen molar-refractivity contribution in [3.05, 3.63) is 41.8 Å². The summed E-state index contributed by atoms with van der Waals surface area (Å²) in [5, 5.41) is 9.17. The van der Waals surface area contributed by atoms with Gasteiger partial charge in [-0.25, -0.2) is 4.98 Å². The number of benzene rings is 1. The van der Waals surface area contributed by atoms with Gasteiger partial charge in [-0.3, -0.25) is 0 Å².